The van der Waals surface area contributed by atoms with Crippen LogP contribution >= 0.6 is 0 Å². The summed E-state index contributed by atoms with van der Waals surface area (Å²) in [5.74, 6) is -0.360. The zero-order chi connectivity index (χ0) is 17.6. The van der Waals surface area contributed by atoms with Crippen LogP contribution in [-0.2, 0) is 7.05 Å². The number of pyridine rings is 1. The largest absolute Gasteiger partial charge is 0.348 e. The van der Waals surface area contributed by atoms with Crippen molar-refractivity contribution >= 4 is 11.8 Å². The summed E-state index contributed by atoms with van der Waals surface area (Å²) in [5.41, 5.74) is 3.29. The Kier molecular flexibility index (Phi) is 5.23. The molecule has 2 aliphatic carbocycles. The van der Waals surface area contributed by atoms with Gasteiger partial charge in [0.1, 0.15) is 18.2 Å². The number of aromatic nitrogens is 1. The van der Waals surface area contributed by atoms with E-state index in [1.165, 1.54) is 11.1 Å². The van der Waals surface area contributed by atoms with Gasteiger partial charge in [-0.05, 0) is 30.1 Å². The third-order valence-corrected chi connectivity index (χ3v) is 4.17. The van der Waals surface area contributed by atoms with E-state index in [0.29, 0.717) is 24.2 Å². The van der Waals surface area contributed by atoms with Crippen molar-refractivity contribution in [3.05, 3.63) is 77.2 Å². The Morgan fingerprint density at radius 3 is 1.80 bits per heavy atom. The molecule has 1 heterocycles. The molecule has 0 aromatic carbocycles. The fourth-order valence-electron chi connectivity index (χ4n) is 2.80. The zero-order valence-corrected chi connectivity index (χ0v) is 14.3. The summed E-state index contributed by atoms with van der Waals surface area (Å²) in [5, 5.41) is 5.80. The lowest BCUT2D eigenvalue weighted by Gasteiger charge is -2.08. The Bertz CT molecular complexity index is 752. The number of hydrogen-bond acceptors (Lipinski definition) is 2. The van der Waals surface area contributed by atoms with Gasteiger partial charge >= 0.3 is 0 Å². The van der Waals surface area contributed by atoms with Crippen LogP contribution in [0.1, 0.15) is 33.6 Å². The summed E-state index contributed by atoms with van der Waals surface area (Å²) in [6.45, 7) is 1.04. The molecule has 0 saturated heterocycles. The molecule has 5 nitrogen and oxygen atoms in total. The van der Waals surface area contributed by atoms with Crippen molar-refractivity contribution in [3.63, 3.8) is 0 Å². The van der Waals surface area contributed by atoms with Crippen molar-refractivity contribution in [1.82, 2.24) is 10.6 Å². The normalized spacial score (nSPS) is 15.1. The molecule has 128 valence electrons. The van der Waals surface area contributed by atoms with Crippen LogP contribution in [0.5, 0.6) is 0 Å². The average molecular weight is 336 g/mol. The van der Waals surface area contributed by atoms with E-state index >= 15 is 0 Å². The van der Waals surface area contributed by atoms with E-state index in [4.69, 9.17) is 0 Å². The highest BCUT2D eigenvalue weighted by atomic mass is 16.2. The number of carbonyl (C=O) groups is 2. The standard InChI is InChI=1S/C20H21N3O2/c1-23-13-17(19(24)21-11-15-6-2-3-7-15)10-18(14-23)20(25)22-12-16-8-4-5-9-16/h2-6,8,10,13-14H,7,9,11-12H2,1H3,(H-,21,22,24,25)/p+1. The average Bonchev–Trinajstić information content (AvgIpc) is 3.30. The first-order valence-corrected chi connectivity index (χ1v) is 8.38. The van der Waals surface area contributed by atoms with Gasteiger partial charge in [0.25, 0.3) is 11.8 Å². The highest BCUT2D eigenvalue weighted by Crippen LogP contribution is 2.10. The van der Waals surface area contributed by atoms with E-state index in [1.807, 2.05) is 24.3 Å². The van der Waals surface area contributed by atoms with Gasteiger partial charge in [-0.2, -0.15) is 0 Å². The molecule has 0 aliphatic heterocycles. The molecule has 25 heavy (non-hydrogen) atoms. The summed E-state index contributed by atoms with van der Waals surface area (Å²) >= 11 is 0. The van der Waals surface area contributed by atoms with Crippen LogP contribution in [0.25, 0.3) is 0 Å². The minimum atomic E-state index is -0.180. The van der Waals surface area contributed by atoms with E-state index in [-0.39, 0.29) is 11.8 Å². The number of rotatable bonds is 6. The van der Waals surface area contributed by atoms with Crippen LogP contribution in [-0.4, -0.2) is 24.9 Å². The molecule has 0 fully saturated rings. The molecule has 3 rings (SSSR count). The van der Waals surface area contributed by atoms with Crippen LogP contribution in [0.2, 0.25) is 0 Å². The van der Waals surface area contributed by atoms with Crippen molar-refractivity contribution in [2.24, 2.45) is 7.05 Å². The number of aryl methyl sites for hydroxylation is 1. The van der Waals surface area contributed by atoms with Crippen LogP contribution in [0.15, 0.2) is 66.1 Å². The van der Waals surface area contributed by atoms with Gasteiger partial charge in [0.15, 0.2) is 12.4 Å². The maximum atomic E-state index is 12.4. The molecule has 1 aromatic rings. The molecule has 1 aromatic heterocycles. The maximum Gasteiger partial charge on any atom is 0.257 e. The lowest BCUT2D eigenvalue weighted by Crippen LogP contribution is -2.35. The predicted octanol–water partition coefficient (Wildman–Crippen LogP) is 1.74. The van der Waals surface area contributed by atoms with Gasteiger partial charge in [0.05, 0.1) is 0 Å². The second kappa shape index (κ2) is 7.75. The highest BCUT2D eigenvalue weighted by molar-refractivity contribution is 5.99. The highest BCUT2D eigenvalue weighted by Gasteiger charge is 2.17. The monoisotopic (exact) mass is 336 g/mol. The summed E-state index contributed by atoms with van der Waals surface area (Å²) in [6, 6.07) is 1.63. The van der Waals surface area contributed by atoms with Gasteiger partial charge < -0.3 is 10.6 Å². The van der Waals surface area contributed by atoms with Crippen LogP contribution in [0.4, 0.5) is 0 Å². The number of allylic oxidation sites excluding steroid dienone is 6. The zero-order valence-electron chi connectivity index (χ0n) is 14.3. The Morgan fingerprint density at radius 2 is 1.40 bits per heavy atom. The van der Waals surface area contributed by atoms with Crippen molar-refractivity contribution in [3.8, 4) is 0 Å². The van der Waals surface area contributed by atoms with E-state index in [0.717, 1.165) is 12.8 Å². The topological polar surface area (TPSA) is 62.1 Å². The van der Waals surface area contributed by atoms with E-state index in [2.05, 4.69) is 22.8 Å². The van der Waals surface area contributed by atoms with Crippen LogP contribution in [0, 0.1) is 0 Å². The molecule has 5 heteroatoms. The number of hydrogen-bond donors (Lipinski definition) is 2. The van der Waals surface area contributed by atoms with Gasteiger partial charge in [-0.25, -0.2) is 4.57 Å². The first-order chi connectivity index (χ1) is 12.1. The second-order valence-corrected chi connectivity index (χ2v) is 6.26. The summed E-state index contributed by atoms with van der Waals surface area (Å²) in [6.07, 6.45) is 17.3. The Balaban J connectivity index is 1.62. The molecule has 0 spiro atoms. The Labute approximate surface area is 147 Å². The van der Waals surface area contributed by atoms with E-state index < -0.39 is 0 Å². The number of nitrogens with one attached hydrogen (secondary N) is 2. The smallest absolute Gasteiger partial charge is 0.257 e. The predicted molar refractivity (Wildman–Crippen MR) is 96.0 cm³/mol. The fourth-order valence-corrected chi connectivity index (χ4v) is 2.80. The molecule has 0 atom stereocenters. The van der Waals surface area contributed by atoms with E-state index in [1.54, 1.807) is 30.1 Å². The first kappa shape index (κ1) is 16.9. The van der Waals surface area contributed by atoms with Crippen molar-refractivity contribution in [2.75, 3.05) is 13.1 Å². The van der Waals surface area contributed by atoms with Gasteiger partial charge in [-0.3, -0.25) is 9.59 Å². The maximum absolute atomic E-state index is 12.4. The van der Waals surface area contributed by atoms with Crippen molar-refractivity contribution in [1.29, 1.82) is 0 Å². The molecule has 0 saturated carbocycles. The lowest BCUT2D eigenvalue weighted by atomic mass is 10.1. The van der Waals surface area contributed by atoms with Gasteiger partial charge in [0.2, 0.25) is 0 Å². The van der Waals surface area contributed by atoms with E-state index in [9.17, 15) is 9.59 Å². The minimum absolute atomic E-state index is 0.180. The summed E-state index contributed by atoms with van der Waals surface area (Å²) in [7, 11) is 1.81. The Hall–Kier alpha value is -2.95. The number of nitrogens with zero attached hydrogens (tertiary/aromatic N) is 1. The third kappa shape index (κ3) is 4.53. The summed E-state index contributed by atoms with van der Waals surface area (Å²) in [4.78, 5) is 24.7. The van der Waals surface area contributed by atoms with Gasteiger partial charge in [-0.1, -0.05) is 36.5 Å². The molecule has 0 bridgehead atoms. The molecule has 0 radical (unpaired) electrons. The number of carbonyl (C=O) groups excluding carboxylic acids is 2. The fraction of sp³-hybridized carbons (Fsp3) is 0.250. The third-order valence-electron chi connectivity index (χ3n) is 4.17. The molecule has 2 aliphatic rings. The summed E-state index contributed by atoms with van der Waals surface area (Å²) < 4.78 is 1.73. The molecular weight excluding hydrogens is 314 g/mol. The molecule has 0 unspecified atom stereocenters. The number of amides is 2. The molecule has 2 amide bonds. The first-order valence-electron chi connectivity index (χ1n) is 8.38. The minimum Gasteiger partial charge on any atom is -0.348 e. The Morgan fingerprint density at radius 1 is 0.920 bits per heavy atom. The van der Waals surface area contributed by atoms with Crippen LogP contribution < -0.4 is 15.2 Å². The second-order valence-electron chi connectivity index (χ2n) is 6.26. The lowest BCUT2D eigenvalue weighted by molar-refractivity contribution is -0.671. The quantitative estimate of drug-likeness (QED) is 0.778. The SMILES string of the molecule is C[n+]1cc(C(=O)NCC2=CC=CC2)cc(C(=O)NCC2=CC=CC2)c1. The molecular formula is C20H22N3O2+. The molecule has 2 N–H and O–H groups in total. The van der Waals surface area contributed by atoms with Gasteiger partial charge in [0, 0.05) is 13.1 Å². The van der Waals surface area contributed by atoms with Crippen LogP contribution in [0.3, 0.4) is 0 Å². The van der Waals surface area contributed by atoms with Crippen molar-refractivity contribution < 1.29 is 14.2 Å². The van der Waals surface area contributed by atoms with Crippen molar-refractivity contribution in [2.45, 2.75) is 12.8 Å². The van der Waals surface area contributed by atoms with Gasteiger partial charge in [-0.15, -0.1) is 0 Å².